The lowest BCUT2D eigenvalue weighted by Crippen LogP contribution is -2.30. The Labute approximate surface area is 214 Å². The predicted molar refractivity (Wildman–Crippen MR) is 138 cm³/mol. The van der Waals surface area contributed by atoms with E-state index in [2.05, 4.69) is 4.98 Å². The van der Waals surface area contributed by atoms with Gasteiger partial charge in [0.2, 0.25) is 0 Å². The molecule has 0 saturated carbocycles. The van der Waals surface area contributed by atoms with Crippen molar-refractivity contribution < 1.29 is 24.1 Å². The molecule has 1 heterocycles. The molecule has 0 aliphatic carbocycles. The highest BCUT2D eigenvalue weighted by Gasteiger charge is 2.19. The molecule has 0 spiro atoms. The summed E-state index contributed by atoms with van der Waals surface area (Å²) in [6.07, 6.45) is 0. The van der Waals surface area contributed by atoms with E-state index >= 15 is 0 Å². The minimum absolute atomic E-state index is 0.102. The summed E-state index contributed by atoms with van der Waals surface area (Å²) >= 11 is 1.43. The summed E-state index contributed by atoms with van der Waals surface area (Å²) in [5, 5.41) is 11.8. The molecule has 4 aromatic rings. The van der Waals surface area contributed by atoms with Crippen molar-refractivity contribution in [2.45, 2.75) is 26.3 Å². The number of methoxy groups -OCH3 is 2. The molecule has 4 rings (SSSR count). The molecule has 1 aromatic heterocycles. The summed E-state index contributed by atoms with van der Waals surface area (Å²) in [7, 11) is 3.17. The van der Waals surface area contributed by atoms with Crippen molar-refractivity contribution in [2.75, 3.05) is 14.2 Å². The summed E-state index contributed by atoms with van der Waals surface area (Å²) in [5.74, 6) is 1.68. The highest BCUT2D eigenvalue weighted by atomic mass is 32.1. The smallest absolute Gasteiger partial charge is 0.254 e. The van der Waals surface area contributed by atoms with E-state index in [1.807, 2.05) is 60.7 Å². The molecule has 8 heteroatoms. The second kappa shape index (κ2) is 12.2. The van der Waals surface area contributed by atoms with Gasteiger partial charge in [0.05, 0.1) is 26.5 Å². The fourth-order valence-corrected chi connectivity index (χ4v) is 4.42. The third kappa shape index (κ3) is 6.41. The van der Waals surface area contributed by atoms with Crippen molar-refractivity contribution in [3.05, 3.63) is 106 Å². The first kappa shape index (κ1) is 25.2. The van der Waals surface area contributed by atoms with Crippen molar-refractivity contribution in [2.24, 2.45) is 0 Å². The summed E-state index contributed by atoms with van der Waals surface area (Å²) < 4.78 is 16.8. The maximum absolute atomic E-state index is 13.6. The second-order valence-electron chi connectivity index (χ2n) is 8.04. The van der Waals surface area contributed by atoms with Crippen LogP contribution >= 0.6 is 11.3 Å². The van der Waals surface area contributed by atoms with Crippen LogP contribution in [-0.2, 0) is 26.3 Å². The lowest BCUT2D eigenvalue weighted by atomic mass is 10.1. The van der Waals surface area contributed by atoms with E-state index in [0.717, 1.165) is 16.1 Å². The van der Waals surface area contributed by atoms with Crippen LogP contribution in [0.4, 0.5) is 0 Å². The zero-order valence-electron chi connectivity index (χ0n) is 20.2. The normalized spacial score (nSPS) is 10.6. The molecule has 3 aromatic carbocycles. The Balaban J connectivity index is 1.58. The minimum Gasteiger partial charge on any atom is -0.497 e. The Bertz CT molecular complexity index is 1290. The van der Waals surface area contributed by atoms with Crippen LogP contribution in [-0.4, -0.2) is 35.1 Å². The van der Waals surface area contributed by atoms with Crippen molar-refractivity contribution in [3.8, 4) is 17.2 Å². The molecular weight excluding hydrogens is 476 g/mol. The molecule has 1 amide bonds. The third-order valence-electron chi connectivity index (χ3n) is 5.53. The highest BCUT2D eigenvalue weighted by Crippen LogP contribution is 2.30. The molecule has 36 heavy (non-hydrogen) atoms. The van der Waals surface area contributed by atoms with Crippen molar-refractivity contribution >= 4 is 17.2 Å². The molecule has 0 atom stereocenters. The lowest BCUT2D eigenvalue weighted by Gasteiger charge is -2.24. The molecule has 1 N–H and O–H groups in total. The number of nitrogens with zero attached hydrogens (tertiary/aromatic N) is 2. The van der Waals surface area contributed by atoms with Gasteiger partial charge in [0.15, 0.2) is 11.5 Å². The highest BCUT2D eigenvalue weighted by molar-refractivity contribution is 7.09. The van der Waals surface area contributed by atoms with E-state index in [-0.39, 0.29) is 19.1 Å². The van der Waals surface area contributed by atoms with Gasteiger partial charge >= 0.3 is 0 Å². The summed E-state index contributed by atoms with van der Waals surface area (Å²) in [6.45, 7) is 0.966. The van der Waals surface area contributed by atoms with Crippen LogP contribution < -0.4 is 14.2 Å². The molecule has 7 nitrogen and oxygen atoms in total. The molecule has 0 aliphatic heterocycles. The van der Waals surface area contributed by atoms with Crippen LogP contribution in [0.3, 0.4) is 0 Å². The van der Waals surface area contributed by atoms with Gasteiger partial charge in [-0.05, 0) is 41.5 Å². The number of hydrogen-bond acceptors (Lipinski definition) is 7. The quantitative estimate of drug-likeness (QED) is 0.307. The Morgan fingerprint density at radius 1 is 0.917 bits per heavy atom. The molecule has 0 unspecified atom stereocenters. The molecular formula is C28H28N2O5S. The number of benzene rings is 3. The number of amides is 1. The average Bonchev–Trinajstić information content (AvgIpc) is 3.40. The van der Waals surface area contributed by atoms with Gasteiger partial charge in [-0.15, -0.1) is 11.3 Å². The van der Waals surface area contributed by atoms with E-state index in [4.69, 9.17) is 14.2 Å². The van der Waals surface area contributed by atoms with Crippen LogP contribution in [0.25, 0.3) is 0 Å². The Morgan fingerprint density at radius 2 is 1.72 bits per heavy atom. The number of rotatable bonds is 11. The number of aromatic nitrogens is 1. The molecule has 0 bridgehead atoms. The number of thiazole rings is 1. The predicted octanol–water partition coefficient (Wildman–Crippen LogP) is 5.07. The number of ether oxygens (including phenoxy) is 3. The fraction of sp³-hybridized carbons (Fsp3) is 0.214. The average molecular weight is 505 g/mol. The number of carbonyl (C=O) groups is 1. The van der Waals surface area contributed by atoms with Crippen molar-refractivity contribution in [1.29, 1.82) is 0 Å². The monoisotopic (exact) mass is 504 g/mol. The van der Waals surface area contributed by atoms with Crippen LogP contribution in [0.5, 0.6) is 17.2 Å². The van der Waals surface area contributed by atoms with Gasteiger partial charge in [0.1, 0.15) is 17.4 Å². The number of aliphatic hydroxyl groups excluding tert-OH is 1. The van der Waals surface area contributed by atoms with E-state index < -0.39 is 0 Å². The van der Waals surface area contributed by atoms with Gasteiger partial charge in [0.25, 0.3) is 5.91 Å². The molecule has 0 saturated heterocycles. The molecule has 0 aliphatic rings. The maximum atomic E-state index is 13.6. The summed E-state index contributed by atoms with van der Waals surface area (Å²) in [6, 6.07) is 22.7. The van der Waals surface area contributed by atoms with E-state index in [9.17, 15) is 9.90 Å². The van der Waals surface area contributed by atoms with E-state index in [1.165, 1.54) is 11.3 Å². The van der Waals surface area contributed by atoms with Gasteiger partial charge in [-0.2, -0.15) is 0 Å². The SMILES string of the molecule is COc1cccc(C(=O)N(Cc2ccccc2)Cc2ccc(OC)c(OCc3nc(CO)cs3)c2)c1. The zero-order valence-corrected chi connectivity index (χ0v) is 21.0. The Kier molecular flexibility index (Phi) is 8.54. The van der Waals surface area contributed by atoms with Crippen LogP contribution in [0.15, 0.2) is 78.2 Å². The number of aliphatic hydroxyl groups is 1. The summed E-state index contributed by atoms with van der Waals surface area (Å²) in [5.41, 5.74) is 3.10. The first-order valence-corrected chi connectivity index (χ1v) is 12.3. The second-order valence-corrected chi connectivity index (χ2v) is 8.99. The largest absolute Gasteiger partial charge is 0.497 e. The standard InChI is InChI=1S/C28H28N2O5S/c1-33-24-10-6-9-22(14-24)28(32)30(15-20-7-4-3-5-8-20)16-21-11-12-25(34-2)26(13-21)35-18-27-29-23(17-31)19-36-27/h3-14,19,31H,15-18H2,1-2H3. The van der Waals surface area contributed by atoms with Crippen LogP contribution in [0, 0.1) is 0 Å². The molecule has 0 radical (unpaired) electrons. The van der Waals surface area contributed by atoms with Gasteiger partial charge in [-0.3, -0.25) is 4.79 Å². The number of carbonyl (C=O) groups excluding carboxylic acids is 1. The Hall–Kier alpha value is -3.88. The minimum atomic E-state index is -0.103. The zero-order chi connectivity index (χ0) is 25.3. The van der Waals surface area contributed by atoms with Gasteiger partial charge < -0.3 is 24.2 Å². The van der Waals surface area contributed by atoms with Crippen molar-refractivity contribution in [3.63, 3.8) is 0 Å². The van der Waals surface area contributed by atoms with E-state index in [1.54, 1.807) is 36.6 Å². The van der Waals surface area contributed by atoms with E-state index in [0.29, 0.717) is 41.6 Å². The topological polar surface area (TPSA) is 81.1 Å². The number of hydrogen-bond donors (Lipinski definition) is 1. The first-order valence-electron chi connectivity index (χ1n) is 11.4. The fourth-order valence-electron chi connectivity index (χ4n) is 3.72. The van der Waals surface area contributed by atoms with Crippen LogP contribution in [0.2, 0.25) is 0 Å². The first-order chi connectivity index (χ1) is 17.6. The van der Waals surface area contributed by atoms with Gasteiger partial charge in [-0.25, -0.2) is 4.98 Å². The Morgan fingerprint density at radius 3 is 2.44 bits per heavy atom. The maximum Gasteiger partial charge on any atom is 0.254 e. The van der Waals surface area contributed by atoms with Gasteiger partial charge in [0, 0.05) is 24.0 Å². The molecule has 0 fully saturated rings. The third-order valence-corrected chi connectivity index (χ3v) is 6.41. The molecule has 186 valence electrons. The van der Waals surface area contributed by atoms with Gasteiger partial charge in [-0.1, -0.05) is 42.5 Å². The van der Waals surface area contributed by atoms with Crippen LogP contribution in [0.1, 0.15) is 32.2 Å². The van der Waals surface area contributed by atoms with Crippen molar-refractivity contribution in [1.82, 2.24) is 9.88 Å². The lowest BCUT2D eigenvalue weighted by molar-refractivity contribution is 0.0729. The summed E-state index contributed by atoms with van der Waals surface area (Å²) in [4.78, 5) is 19.7.